The lowest BCUT2D eigenvalue weighted by molar-refractivity contribution is 0.0122. The number of anilines is 1. The number of fused-ring (bicyclic) bond motifs is 1. The number of nitrogens with zero attached hydrogens (tertiary/aromatic N) is 4. The van der Waals surface area contributed by atoms with Crippen LogP contribution in [-0.4, -0.2) is 41.9 Å². The zero-order valence-corrected chi connectivity index (χ0v) is 11.1. The van der Waals surface area contributed by atoms with Gasteiger partial charge in [-0.3, -0.25) is 0 Å². The van der Waals surface area contributed by atoms with E-state index in [-0.39, 0.29) is 12.0 Å². The summed E-state index contributed by atoms with van der Waals surface area (Å²) >= 11 is 0. The van der Waals surface area contributed by atoms with Crippen LogP contribution >= 0.6 is 0 Å². The molecule has 0 spiro atoms. The molecule has 0 bridgehead atoms. The third-order valence-electron chi connectivity index (χ3n) is 4.03. The van der Waals surface area contributed by atoms with Crippen LogP contribution in [0.15, 0.2) is 24.8 Å². The summed E-state index contributed by atoms with van der Waals surface area (Å²) in [6, 6.07) is -0.300. The van der Waals surface area contributed by atoms with Crippen LogP contribution in [0.1, 0.15) is 19.4 Å². The molecule has 1 aliphatic carbocycles. The van der Waals surface area contributed by atoms with E-state index in [0.29, 0.717) is 23.4 Å². The molecule has 2 aromatic heterocycles. The van der Waals surface area contributed by atoms with E-state index in [1.807, 2.05) is 6.92 Å². The summed E-state index contributed by atoms with van der Waals surface area (Å²) in [5, 5.41) is 20.4. The molecular weight excluding hydrogens is 258 g/mol. The smallest absolute Gasteiger partial charge is 0.165 e. The number of hydrogen-bond donors (Lipinski definition) is 3. The SMILES string of the molecule is C=C(C)[C@H]1C[C@@H](n2cnc3c(N)ncnc32)[C@H](O)[C@@H]1O. The highest BCUT2D eigenvalue weighted by molar-refractivity contribution is 5.81. The maximum atomic E-state index is 10.3. The Morgan fingerprint density at radius 3 is 2.75 bits per heavy atom. The lowest BCUT2D eigenvalue weighted by Gasteiger charge is -2.18. The van der Waals surface area contributed by atoms with Gasteiger partial charge in [0.2, 0.25) is 0 Å². The molecule has 2 aromatic rings. The van der Waals surface area contributed by atoms with Crippen molar-refractivity contribution in [2.45, 2.75) is 31.6 Å². The van der Waals surface area contributed by atoms with Gasteiger partial charge >= 0.3 is 0 Å². The van der Waals surface area contributed by atoms with Crippen molar-refractivity contribution >= 4 is 17.0 Å². The summed E-state index contributed by atoms with van der Waals surface area (Å²) in [4.78, 5) is 12.2. The Morgan fingerprint density at radius 2 is 2.10 bits per heavy atom. The second kappa shape index (κ2) is 4.53. The van der Waals surface area contributed by atoms with E-state index in [2.05, 4.69) is 21.5 Å². The largest absolute Gasteiger partial charge is 0.390 e. The molecule has 7 nitrogen and oxygen atoms in total. The quantitative estimate of drug-likeness (QED) is 0.678. The van der Waals surface area contributed by atoms with Crippen molar-refractivity contribution in [3.05, 3.63) is 24.8 Å². The Morgan fingerprint density at radius 1 is 1.35 bits per heavy atom. The second-order valence-electron chi connectivity index (χ2n) is 5.32. The molecular formula is C13H17N5O2. The van der Waals surface area contributed by atoms with Crippen LogP contribution < -0.4 is 5.73 Å². The Hall–Kier alpha value is -1.99. The first kappa shape index (κ1) is 13.0. The minimum atomic E-state index is -0.884. The first-order valence-corrected chi connectivity index (χ1v) is 6.45. The predicted molar refractivity (Wildman–Crippen MR) is 73.7 cm³/mol. The first-order valence-electron chi connectivity index (χ1n) is 6.45. The van der Waals surface area contributed by atoms with Gasteiger partial charge in [-0.2, -0.15) is 0 Å². The van der Waals surface area contributed by atoms with Crippen LogP contribution in [0.25, 0.3) is 11.2 Å². The fourth-order valence-corrected chi connectivity index (χ4v) is 2.89. The molecule has 0 aliphatic heterocycles. The first-order chi connectivity index (χ1) is 9.50. The van der Waals surface area contributed by atoms with Gasteiger partial charge in [-0.1, -0.05) is 12.2 Å². The van der Waals surface area contributed by atoms with E-state index in [1.165, 1.54) is 6.33 Å². The molecule has 1 saturated carbocycles. The monoisotopic (exact) mass is 275 g/mol. The van der Waals surface area contributed by atoms with Crippen molar-refractivity contribution in [3.8, 4) is 0 Å². The van der Waals surface area contributed by atoms with Crippen LogP contribution in [-0.2, 0) is 0 Å². The maximum Gasteiger partial charge on any atom is 0.165 e. The van der Waals surface area contributed by atoms with Crippen molar-refractivity contribution < 1.29 is 10.2 Å². The average molecular weight is 275 g/mol. The van der Waals surface area contributed by atoms with Gasteiger partial charge in [0.25, 0.3) is 0 Å². The summed E-state index contributed by atoms with van der Waals surface area (Å²) in [6.45, 7) is 5.73. The Kier molecular flexibility index (Phi) is 2.95. The molecule has 0 unspecified atom stereocenters. The fourth-order valence-electron chi connectivity index (χ4n) is 2.89. The van der Waals surface area contributed by atoms with Crippen LogP contribution in [0, 0.1) is 5.92 Å². The van der Waals surface area contributed by atoms with E-state index in [9.17, 15) is 10.2 Å². The van der Waals surface area contributed by atoms with Gasteiger partial charge < -0.3 is 20.5 Å². The molecule has 4 atom stereocenters. The van der Waals surface area contributed by atoms with E-state index in [4.69, 9.17) is 5.73 Å². The molecule has 0 saturated heterocycles. The summed E-state index contributed by atoms with van der Waals surface area (Å²) in [5.41, 5.74) is 7.68. The number of aliphatic hydroxyl groups excluding tert-OH is 2. The van der Waals surface area contributed by atoms with Gasteiger partial charge in [0.15, 0.2) is 11.5 Å². The van der Waals surface area contributed by atoms with Gasteiger partial charge in [-0.05, 0) is 13.3 Å². The number of hydrogen-bond acceptors (Lipinski definition) is 6. The molecule has 1 fully saturated rings. The minimum Gasteiger partial charge on any atom is -0.390 e. The van der Waals surface area contributed by atoms with E-state index in [1.54, 1.807) is 10.9 Å². The number of aromatic nitrogens is 4. The fraction of sp³-hybridized carbons (Fsp3) is 0.462. The van der Waals surface area contributed by atoms with E-state index in [0.717, 1.165) is 5.57 Å². The molecule has 2 heterocycles. The summed E-state index contributed by atoms with van der Waals surface area (Å²) in [7, 11) is 0. The highest BCUT2D eigenvalue weighted by Crippen LogP contribution is 2.39. The number of aliphatic hydroxyl groups is 2. The summed E-state index contributed by atoms with van der Waals surface area (Å²) in [6.07, 6.45) is 1.83. The lowest BCUT2D eigenvalue weighted by atomic mass is 9.98. The van der Waals surface area contributed by atoms with Crippen molar-refractivity contribution in [2.24, 2.45) is 5.92 Å². The van der Waals surface area contributed by atoms with E-state index >= 15 is 0 Å². The van der Waals surface area contributed by atoms with Gasteiger partial charge in [-0.25, -0.2) is 15.0 Å². The van der Waals surface area contributed by atoms with Crippen molar-refractivity contribution in [1.29, 1.82) is 0 Å². The van der Waals surface area contributed by atoms with Crippen molar-refractivity contribution in [2.75, 3.05) is 5.73 Å². The van der Waals surface area contributed by atoms with Gasteiger partial charge in [0.1, 0.15) is 17.9 Å². The van der Waals surface area contributed by atoms with Gasteiger partial charge in [-0.15, -0.1) is 0 Å². The normalized spacial score (nSPS) is 29.9. The maximum absolute atomic E-state index is 10.3. The molecule has 0 radical (unpaired) electrons. The van der Waals surface area contributed by atoms with Crippen molar-refractivity contribution in [3.63, 3.8) is 0 Å². The van der Waals surface area contributed by atoms with Crippen LogP contribution in [0.4, 0.5) is 5.82 Å². The van der Waals surface area contributed by atoms with Crippen LogP contribution in [0.2, 0.25) is 0 Å². The second-order valence-corrected chi connectivity index (χ2v) is 5.32. The molecule has 3 rings (SSSR count). The van der Waals surface area contributed by atoms with Gasteiger partial charge in [0.05, 0.1) is 18.5 Å². The van der Waals surface area contributed by atoms with Crippen LogP contribution in [0.5, 0.6) is 0 Å². The zero-order chi connectivity index (χ0) is 14.4. The molecule has 7 heteroatoms. The van der Waals surface area contributed by atoms with Gasteiger partial charge in [0, 0.05) is 5.92 Å². The van der Waals surface area contributed by atoms with Crippen LogP contribution in [0.3, 0.4) is 0 Å². The minimum absolute atomic E-state index is 0.133. The third kappa shape index (κ3) is 1.78. The summed E-state index contributed by atoms with van der Waals surface area (Å²) < 4.78 is 1.75. The number of rotatable bonds is 2. The average Bonchev–Trinajstić information content (AvgIpc) is 2.94. The number of imidazole rings is 1. The number of nitrogens with two attached hydrogens (primary N) is 1. The molecule has 4 N–H and O–H groups in total. The molecule has 0 aromatic carbocycles. The zero-order valence-electron chi connectivity index (χ0n) is 11.1. The van der Waals surface area contributed by atoms with E-state index < -0.39 is 12.2 Å². The summed E-state index contributed by atoms with van der Waals surface area (Å²) in [5.74, 6) is 0.171. The molecule has 106 valence electrons. The third-order valence-corrected chi connectivity index (χ3v) is 4.03. The molecule has 0 amide bonds. The topological polar surface area (TPSA) is 110 Å². The standard InChI is InChI=1S/C13H17N5O2/c1-6(2)7-3-8(11(20)10(7)19)18-5-17-9-12(14)15-4-16-13(9)18/h4-5,7-8,10-11,19-20H,1,3H2,2H3,(H2,14,15,16)/t7-,8-,10-,11+/m1/s1. The highest BCUT2D eigenvalue weighted by atomic mass is 16.3. The highest BCUT2D eigenvalue weighted by Gasteiger charge is 2.43. The lowest BCUT2D eigenvalue weighted by Crippen LogP contribution is -2.29. The Bertz CT molecular complexity index is 668. The number of nitrogen functional groups attached to an aromatic ring is 1. The molecule has 20 heavy (non-hydrogen) atoms. The predicted octanol–water partition coefficient (Wildman–Crippen LogP) is 0.267. The van der Waals surface area contributed by atoms with Crippen molar-refractivity contribution in [1.82, 2.24) is 19.5 Å². The molecule has 1 aliphatic rings. The Balaban J connectivity index is 2.04. The Labute approximate surface area is 115 Å².